The first-order valence-electron chi connectivity index (χ1n) is 5.44. The summed E-state index contributed by atoms with van der Waals surface area (Å²) in [5, 5.41) is 1.34. The molecular weight excluding hydrogens is 275 g/mol. The van der Waals surface area contributed by atoms with Gasteiger partial charge in [0.2, 0.25) is 0 Å². The van der Waals surface area contributed by atoms with Gasteiger partial charge >= 0.3 is 0 Å². The molecule has 2 N–H and O–H groups in total. The van der Waals surface area contributed by atoms with Crippen molar-refractivity contribution >= 4 is 35.0 Å². The number of likely N-dealkylation sites (N-methyl/N-ethyl adjacent to an activating group) is 1. The first kappa shape index (κ1) is 15.1. The lowest BCUT2D eigenvalue weighted by atomic mass is 10.1. The van der Waals surface area contributed by atoms with Crippen LogP contribution in [0, 0.1) is 0 Å². The minimum absolute atomic E-state index is 0.145. The number of rotatable bonds is 6. The molecule has 0 aromatic heterocycles. The Hall–Kier alpha value is 0.0700. The van der Waals surface area contributed by atoms with Crippen molar-refractivity contribution in [1.29, 1.82) is 0 Å². The molecular formula is C12H18Cl2N2S. The normalized spacial score (nSPS) is 13.1. The maximum absolute atomic E-state index is 6.21. The summed E-state index contributed by atoms with van der Waals surface area (Å²) in [4.78, 5) is 2.23. The molecule has 0 saturated carbocycles. The van der Waals surface area contributed by atoms with Crippen molar-refractivity contribution < 1.29 is 0 Å². The zero-order valence-electron chi connectivity index (χ0n) is 10.1. The van der Waals surface area contributed by atoms with E-state index in [4.69, 9.17) is 28.9 Å². The average molecular weight is 293 g/mol. The molecule has 17 heavy (non-hydrogen) atoms. The van der Waals surface area contributed by atoms with Gasteiger partial charge in [-0.1, -0.05) is 29.3 Å². The maximum atomic E-state index is 6.21. The van der Waals surface area contributed by atoms with Gasteiger partial charge in [0, 0.05) is 34.9 Å². The zero-order chi connectivity index (χ0) is 12.8. The fourth-order valence-corrected chi connectivity index (χ4v) is 2.71. The van der Waals surface area contributed by atoms with Gasteiger partial charge in [0.05, 0.1) is 0 Å². The van der Waals surface area contributed by atoms with Gasteiger partial charge in [-0.25, -0.2) is 0 Å². The molecule has 0 amide bonds. The Morgan fingerprint density at radius 1 is 1.41 bits per heavy atom. The molecule has 0 bridgehead atoms. The quantitative estimate of drug-likeness (QED) is 0.872. The largest absolute Gasteiger partial charge is 0.329 e. The van der Waals surface area contributed by atoms with Crippen LogP contribution in [0.1, 0.15) is 11.6 Å². The number of hydrogen-bond donors (Lipinski definition) is 1. The van der Waals surface area contributed by atoms with Gasteiger partial charge in [-0.2, -0.15) is 11.8 Å². The lowest BCUT2D eigenvalue weighted by molar-refractivity contribution is 0.266. The Morgan fingerprint density at radius 2 is 2.12 bits per heavy atom. The van der Waals surface area contributed by atoms with Crippen molar-refractivity contribution in [2.75, 3.05) is 32.1 Å². The number of benzene rings is 1. The monoisotopic (exact) mass is 292 g/mol. The van der Waals surface area contributed by atoms with Crippen LogP contribution in [-0.4, -0.2) is 37.0 Å². The van der Waals surface area contributed by atoms with Crippen LogP contribution in [0.25, 0.3) is 0 Å². The summed E-state index contributed by atoms with van der Waals surface area (Å²) in [5.41, 5.74) is 6.89. The maximum Gasteiger partial charge on any atom is 0.0482 e. The number of nitrogens with two attached hydrogens (primary N) is 1. The number of hydrogen-bond acceptors (Lipinski definition) is 3. The van der Waals surface area contributed by atoms with E-state index in [-0.39, 0.29) is 6.04 Å². The highest BCUT2D eigenvalue weighted by Crippen LogP contribution is 2.28. The number of halogens is 2. The van der Waals surface area contributed by atoms with Gasteiger partial charge in [0.15, 0.2) is 0 Å². The molecule has 1 unspecified atom stereocenters. The third-order valence-corrected chi connectivity index (χ3v) is 3.88. The molecule has 1 rings (SSSR count). The van der Waals surface area contributed by atoms with Crippen molar-refractivity contribution in [3.05, 3.63) is 33.8 Å². The Balaban J connectivity index is 2.85. The Labute approximate surface area is 117 Å². The molecule has 1 atom stereocenters. The predicted octanol–water partition coefficient (Wildman–Crippen LogP) is 3.29. The fourth-order valence-electron chi connectivity index (χ4n) is 1.71. The lowest BCUT2D eigenvalue weighted by Crippen LogP contribution is -2.32. The van der Waals surface area contributed by atoms with Crippen molar-refractivity contribution in [3.8, 4) is 0 Å². The van der Waals surface area contributed by atoms with E-state index in [0.717, 1.165) is 17.9 Å². The average Bonchev–Trinajstić information content (AvgIpc) is 2.30. The minimum Gasteiger partial charge on any atom is -0.329 e. The molecule has 5 heteroatoms. The van der Waals surface area contributed by atoms with Gasteiger partial charge in [-0.15, -0.1) is 0 Å². The summed E-state index contributed by atoms with van der Waals surface area (Å²) in [6, 6.07) is 5.72. The van der Waals surface area contributed by atoms with Crippen LogP contribution < -0.4 is 5.73 Å². The van der Waals surface area contributed by atoms with Gasteiger partial charge in [0.1, 0.15) is 0 Å². The van der Waals surface area contributed by atoms with E-state index in [1.807, 2.05) is 23.9 Å². The highest BCUT2D eigenvalue weighted by atomic mass is 35.5. The molecule has 1 aromatic rings. The van der Waals surface area contributed by atoms with Gasteiger partial charge in [-0.3, -0.25) is 4.90 Å². The highest BCUT2D eigenvalue weighted by Gasteiger charge is 2.17. The molecule has 0 aliphatic heterocycles. The van der Waals surface area contributed by atoms with E-state index >= 15 is 0 Å². The topological polar surface area (TPSA) is 29.3 Å². The minimum atomic E-state index is 0.145. The fraction of sp³-hybridized carbons (Fsp3) is 0.500. The van der Waals surface area contributed by atoms with Crippen LogP contribution in [0.4, 0.5) is 0 Å². The summed E-state index contributed by atoms with van der Waals surface area (Å²) in [6.45, 7) is 1.54. The molecule has 0 fully saturated rings. The van der Waals surface area contributed by atoms with Crippen molar-refractivity contribution in [2.45, 2.75) is 6.04 Å². The first-order valence-corrected chi connectivity index (χ1v) is 7.59. The van der Waals surface area contributed by atoms with Crippen LogP contribution in [0.5, 0.6) is 0 Å². The zero-order valence-corrected chi connectivity index (χ0v) is 12.4. The van der Waals surface area contributed by atoms with E-state index in [1.165, 1.54) is 0 Å². The summed E-state index contributed by atoms with van der Waals surface area (Å²) < 4.78 is 0. The van der Waals surface area contributed by atoms with E-state index in [0.29, 0.717) is 16.6 Å². The summed E-state index contributed by atoms with van der Waals surface area (Å²) in [6.07, 6.45) is 2.10. The molecule has 0 aliphatic rings. The van der Waals surface area contributed by atoms with Crippen LogP contribution >= 0.6 is 35.0 Å². The van der Waals surface area contributed by atoms with E-state index in [1.54, 1.807) is 6.07 Å². The van der Waals surface area contributed by atoms with Gasteiger partial charge in [-0.05, 0) is 31.0 Å². The molecule has 0 heterocycles. The molecule has 0 saturated heterocycles. The number of nitrogens with zero attached hydrogens (tertiary/aromatic N) is 1. The molecule has 2 nitrogen and oxygen atoms in total. The standard InChI is InChI=1S/C12H18Cl2N2S/c1-16(5-6-17-2)12(8-15)10-4-3-9(13)7-11(10)14/h3-4,7,12H,5-6,8,15H2,1-2H3. The van der Waals surface area contributed by atoms with E-state index in [2.05, 4.69) is 18.2 Å². The van der Waals surface area contributed by atoms with E-state index < -0.39 is 0 Å². The second kappa shape index (κ2) is 7.49. The second-order valence-corrected chi connectivity index (χ2v) is 5.72. The molecule has 0 aliphatic carbocycles. The highest BCUT2D eigenvalue weighted by molar-refractivity contribution is 7.98. The Bertz CT molecular complexity index is 360. The summed E-state index contributed by atoms with van der Waals surface area (Å²) in [5.74, 6) is 1.08. The molecule has 96 valence electrons. The lowest BCUT2D eigenvalue weighted by Gasteiger charge is -2.27. The number of thioether (sulfide) groups is 1. The van der Waals surface area contributed by atoms with Gasteiger partial charge in [0.25, 0.3) is 0 Å². The molecule has 0 spiro atoms. The molecule has 1 aromatic carbocycles. The third kappa shape index (κ3) is 4.34. The summed E-state index contributed by atoms with van der Waals surface area (Å²) in [7, 11) is 2.07. The third-order valence-electron chi connectivity index (χ3n) is 2.72. The molecule has 0 radical (unpaired) electrons. The van der Waals surface area contributed by atoms with Gasteiger partial charge < -0.3 is 5.73 Å². The van der Waals surface area contributed by atoms with Crippen LogP contribution in [0.2, 0.25) is 10.0 Å². The van der Waals surface area contributed by atoms with Crippen molar-refractivity contribution in [2.24, 2.45) is 5.73 Å². The van der Waals surface area contributed by atoms with Crippen LogP contribution in [-0.2, 0) is 0 Å². The second-order valence-electron chi connectivity index (χ2n) is 3.89. The SMILES string of the molecule is CSCCN(C)C(CN)c1ccc(Cl)cc1Cl. The first-order chi connectivity index (χ1) is 8.10. The predicted molar refractivity (Wildman–Crippen MR) is 79.3 cm³/mol. The van der Waals surface area contributed by atoms with Crippen LogP contribution in [0.3, 0.4) is 0 Å². The van der Waals surface area contributed by atoms with Crippen molar-refractivity contribution in [1.82, 2.24) is 4.90 Å². The Morgan fingerprint density at radius 3 is 2.65 bits per heavy atom. The smallest absolute Gasteiger partial charge is 0.0482 e. The summed E-state index contributed by atoms with van der Waals surface area (Å²) >= 11 is 13.9. The van der Waals surface area contributed by atoms with E-state index in [9.17, 15) is 0 Å². The van der Waals surface area contributed by atoms with Crippen LogP contribution in [0.15, 0.2) is 18.2 Å². The van der Waals surface area contributed by atoms with Crippen molar-refractivity contribution in [3.63, 3.8) is 0 Å². The Kier molecular flexibility index (Phi) is 6.67.